The second-order valence-electron chi connectivity index (χ2n) is 6.70. The molecular weight excluding hydrogens is 423 g/mol. The van der Waals surface area contributed by atoms with Crippen LogP contribution in [0.25, 0.3) is 0 Å². The second kappa shape index (κ2) is 9.50. The Labute approximate surface area is 176 Å². The summed E-state index contributed by atoms with van der Waals surface area (Å²) in [6, 6.07) is 0.782. The van der Waals surface area contributed by atoms with Crippen LogP contribution in [-0.4, -0.2) is 45.4 Å². The van der Waals surface area contributed by atoms with E-state index in [2.05, 4.69) is 30.7 Å². The molecule has 1 atom stereocenters. The van der Waals surface area contributed by atoms with E-state index in [1.807, 2.05) is 18.5 Å². The number of hydrogen-bond acceptors (Lipinski definition) is 5. The van der Waals surface area contributed by atoms with Crippen LogP contribution in [0.2, 0.25) is 5.02 Å². The fourth-order valence-corrected chi connectivity index (χ4v) is 3.30. The summed E-state index contributed by atoms with van der Waals surface area (Å²) in [5.41, 5.74) is -0.924. The highest BCUT2D eigenvalue weighted by Crippen LogP contribution is 2.33. The van der Waals surface area contributed by atoms with Gasteiger partial charge in [0.1, 0.15) is 23.3 Å². The summed E-state index contributed by atoms with van der Waals surface area (Å²) < 4.78 is 45.3. The molecule has 3 heterocycles. The summed E-state index contributed by atoms with van der Waals surface area (Å²) >= 11 is 5.84. The van der Waals surface area contributed by atoms with Gasteiger partial charge in [-0.05, 0) is 32.8 Å². The van der Waals surface area contributed by atoms with E-state index in [1.165, 1.54) is 0 Å². The maximum Gasteiger partial charge on any atom is 0.417 e. The normalized spacial score (nSPS) is 16.9. The number of aromatic nitrogens is 4. The van der Waals surface area contributed by atoms with E-state index < -0.39 is 11.7 Å². The molecule has 2 aromatic heterocycles. The summed E-state index contributed by atoms with van der Waals surface area (Å²) in [6.07, 6.45) is -1.93. The molecule has 2 aromatic rings. The van der Waals surface area contributed by atoms with E-state index in [1.54, 1.807) is 0 Å². The molecule has 0 aromatic carbocycles. The molecule has 0 saturated carbocycles. The average molecular weight is 446 g/mol. The highest BCUT2D eigenvalue weighted by Gasteiger charge is 2.31. The molecule has 12 heteroatoms. The van der Waals surface area contributed by atoms with Crippen molar-refractivity contribution in [1.29, 1.82) is 0 Å². The number of nitrogens with one attached hydrogen (secondary N) is 2. The number of aryl methyl sites for hydroxylation is 2. The SMILES string of the molecule is CCNC(=NCCOc1ncc(C(F)(F)F)cc1Cl)NC1CCCn2nc(C)nc21. The van der Waals surface area contributed by atoms with Crippen molar-refractivity contribution < 1.29 is 17.9 Å². The Morgan fingerprint density at radius 1 is 1.43 bits per heavy atom. The Morgan fingerprint density at radius 3 is 2.93 bits per heavy atom. The number of pyridine rings is 1. The van der Waals surface area contributed by atoms with Crippen molar-refractivity contribution in [3.05, 3.63) is 34.5 Å². The Hall–Kier alpha value is -2.56. The lowest BCUT2D eigenvalue weighted by Crippen LogP contribution is -2.41. The molecule has 1 aliphatic heterocycles. The minimum absolute atomic E-state index is 0.00954. The zero-order chi connectivity index (χ0) is 21.7. The van der Waals surface area contributed by atoms with Gasteiger partial charge >= 0.3 is 6.18 Å². The van der Waals surface area contributed by atoms with Crippen LogP contribution >= 0.6 is 11.6 Å². The third-order valence-electron chi connectivity index (χ3n) is 4.37. The van der Waals surface area contributed by atoms with Crippen LogP contribution in [0.5, 0.6) is 5.88 Å². The van der Waals surface area contributed by atoms with E-state index in [-0.39, 0.29) is 30.1 Å². The Balaban J connectivity index is 1.58. The van der Waals surface area contributed by atoms with E-state index in [0.29, 0.717) is 18.7 Å². The third kappa shape index (κ3) is 5.53. The first-order valence-corrected chi connectivity index (χ1v) is 9.97. The molecule has 0 bridgehead atoms. The molecule has 0 spiro atoms. The van der Waals surface area contributed by atoms with Gasteiger partial charge in [-0.25, -0.2) is 19.6 Å². The van der Waals surface area contributed by atoms with Gasteiger partial charge in [-0.1, -0.05) is 11.6 Å². The highest BCUT2D eigenvalue weighted by molar-refractivity contribution is 6.31. The molecule has 1 unspecified atom stereocenters. The maximum atomic E-state index is 12.7. The van der Waals surface area contributed by atoms with Gasteiger partial charge in [0, 0.05) is 19.3 Å². The molecular formula is C18H23ClF3N7O. The van der Waals surface area contributed by atoms with E-state index in [4.69, 9.17) is 16.3 Å². The Morgan fingerprint density at radius 2 is 2.23 bits per heavy atom. The van der Waals surface area contributed by atoms with Crippen molar-refractivity contribution >= 4 is 17.6 Å². The second-order valence-corrected chi connectivity index (χ2v) is 7.10. The lowest BCUT2D eigenvalue weighted by atomic mass is 10.1. The van der Waals surface area contributed by atoms with Crippen LogP contribution in [0.3, 0.4) is 0 Å². The number of guanidine groups is 1. The molecule has 0 saturated heterocycles. The average Bonchev–Trinajstić information content (AvgIpc) is 3.06. The summed E-state index contributed by atoms with van der Waals surface area (Å²) in [4.78, 5) is 12.6. The third-order valence-corrected chi connectivity index (χ3v) is 4.64. The van der Waals surface area contributed by atoms with Crippen molar-refractivity contribution in [1.82, 2.24) is 30.4 Å². The first-order valence-electron chi connectivity index (χ1n) is 9.59. The van der Waals surface area contributed by atoms with E-state index >= 15 is 0 Å². The largest absolute Gasteiger partial charge is 0.475 e. The number of rotatable bonds is 6. The number of ether oxygens (including phenoxy) is 1. The standard InChI is InChI=1S/C18H23ClF3N7O/c1-3-23-17(27-14-5-4-7-29-15(14)26-11(2)28-29)24-6-8-30-16-13(19)9-12(10-25-16)18(20,21)22/h9-10,14H,3-8H2,1-2H3,(H2,23,24,27). The van der Waals surface area contributed by atoms with Crippen molar-refractivity contribution in [2.75, 3.05) is 19.7 Å². The van der Waals surface area contributed by atoms with Crippen molar-refractivity contribution in [3.8, 4) is 5.88 Å². The van der Waals surface area contributed by atoms with E-state index in [0.717, 1.165) is 37.1 Å². The first-order chi connectivity index (χ1) is 14.3. The molecule has 8 nitrogen and oxygen atoms in total. The van der Waals surface area contributed by atoms with Gasteiger partial charge in [0.05, 0.1) is 18.2 Å². The zero-order valence-corrected chi connectivity index (χ0v) is 17.4. The molecule has 0 fully saturated rings. The predicted molar refractivity (Wildman–Crippen MR) is 106 cm³/mol. The molecule has 1 aliphatic rings. The fourth-order valence-electron chi connectivity index (χ4n) is 3.08. The van der Waals surface area contributed by atoms with Gasteiger partial charge in [-0.3, -0.25) is 0 Å². The van der Waals surface area contributed by atoms with Gasteiger partial charge in [0.25, 0.3) is 0 Å². The van der Waals surface area contributed by atoms with Crippen LogP contribution in [0, 0.1) is 6.92 Å². The molecule has 30 heavy (non-hydrogen) atoms. The number of halogens is 4. The highest BCUT2D eigenvalue weighted by atomic mass is 35.5. The van der Waals surface area contributed by atoms with E-state index in [9.17, 15) is 13.2 Å². The number of nitrogens with zero attached hydrogens (tertiary/aromatic N) is 5. The van der Waals surface area contributed by atoms with Gasteiger partial charge in [0.2, 0.25) is 5.88 Å². The van der Waals surface area contributed by atoms with Gasteiger partial charge in [0.15, 0.2) is 5.96 Å². The molecule has 0 amide bonds. The van der Waals surface area contributed by atoms with Gasteiger partial charge in [-0.15, -0.1) is 0 Å². The minimum atomic E-state index is -4.51. The zero-order valence-electron chi connectivity index (χ0n) is 16.6. The van der Waals surface area contributed by atoms with Crippen molar-refractivity contribution in [2.24, 2.45) is 4.99 Å². The first kappa shape index (κ1) is 22.1. The number of fused-ring (bicyclic) bond motifs is 1. The van der Waals surface area contributed by atoms with Crippen LogP contribution in [0.1, 0.15) is 43.0 Å². The monoisotopic (exact) mass is 445 g/mol. The van der Waals surface area contributed by atoms with Crippen LogP contribution in [0.15, 0.2) is 17.3 Å². The quantitative estimate of drug-likeness (QED) is 0.403. The molecule has 0 radical (unpaired) electrons. The summed E-state index contributed by atoms with van der Waals surface area (Å²) in [7, 11) is 0. The molecule has 164 valence electrons. The lowest BCUT2D eigenvalue weighted by molar-refractivity contribution is -0.137. The number of aliphatic imine (C=N–C) groups is 1. The lowest BCUT2D eigenvalue weighted by Gasteiger charge is -2.25. The van der Waals surface area contributed by atoms with Gasteiger partial charge < -0.3 is 15.4 Å². The maximum absolute atomic E-state index is 12.7. The summed E-state index contributed by atoms with van der Waals surface area (Å²) in [5.74, 6) is 2.14. The predicted octanol–water partition coefficient (Wildman–Crippen LogP) is 3.12. The van der Waals surface area contributed by atoms with Gasteiger partial charge in [-0.2, -0.15) is 18.3 Å². The fraction of sp³-hybridized carbons (Fsp3) is 0.556. The van der Waals surface area contributed by atoms with Crippen LogP contribution < -0.4 is 15.4 Å². The number of hydrogen-bond donors (Lipinski definition) is 2. The Kier molecular flexibility index (Phi) is 7.01. The Bertz CT molecular complexity index is 900. The van der Waals surface area contributed by atoms with Crippen LogP contribution in [0.4, 0.5) is 13.2 Å². The summed E-state index contributed by atoms with van der Waals surface area (Å²) in [6.45, 7) is 5.68. The molecule has 3 rings (SSSR count). The number of alkyl halides is 3. The summed E-state index contributed by atoms with van der Waals surface area (Å²) in [5, 5.41) is 10.7. The minimum Gasteiger partial charge on any atom is -0.475 e. The van der Waals surface area contributed by atoms with Crippen molar-refractivity contribution in [3.63, 3.8) is 0 Å². The molecule has 2 N–H and O–H groups in total. The molecule has 0 aliphatic carbocycles. The smallest absolute Gasteiger partial charge is 0.417 e. The topological polar surface area (TPSA) is 89.3 Å². The van der Waals surface area contributed by atoms with Crippen LogP contribution in [-0.2, 0) is 12.7 Å². The van der Waals surface area contributed by atoms with Crippen molar-refractivity contribution in [2.45, 2.75) is 45.5 Å².